The molecule has 2 fully saturated rings. The summed E-state index contributed by atoms with van der Waals surface area (Å²) in [6.07, 6.45) is 1.83. The van der Waals surface area contributed by atoms with Crippen molar-refractivity contribution >= 4 is 5.78 Å². The molecule has 0 radical (unpaired) electrons. The van der Waals surface area contributed by atoms with Gasteiger partial charge >= 0.3 is 0 Å². The van der Waals surface area contributed by atoms with Crippen molar-refractivity contribution in [3.05, 3.63) is 0 Å². The molecule has 11 heavy (non-hydrogen) atoms. The summed E-state index contributed by atoms with van der Waals surface area (Å²) in [7, 11) is 0. The molecule has 1 saturated heterocycles. The van der Waals surface area contributed by atoms with E-state index in [0.29, 0.717) is 26.1 Å². The molecule has 2 rings (SSSR count). The van der Waals surface area contributed by atoms with Crippen molar-refractivity contribution in [2.24, 2.45) is 5.92 Å². The van der Waals surface area contributed by atoms with Crippen LogP contribution in [0.4, 0.5) is 0 Å². The molecule has 0 aromatic heterocycles. The fourth-order valence-corrected chi connectivity index (χ4v) is 2.01. The van der Waals surface area contributed by atoms with E-state index >= 15 is 0 Å². The van der Waals surface area contributed by atoms with Crippen LogP contribution in [-0.4, -0.2) is 29.7 Å². The lowest BCUT2D eigenvalue weighted by Crippen LogP contribution is -2.46. The summed E-state index contributed by atoms with van der Waals surface area (Å²) in [6.45, 7) is 1.08. The molecular weight excluding hydrogens is 144 g/mol. The molecule has 0 spiro atoms. The molecule has 62 valence electrons. The van der Waals surface area contributed by atoms with Gasteiger partial charge < -0.3 is 9.84 Å². The number of hydrogen-bond donors (Lipinski definition) is 1. The highest BCUT2D eigenvalue weighted by atomic mass is 16.5. The molecule has 1 aliphatic heterocycles. The zero-order valence-electron chi connectivity index (χ0n) is 6.38. The zero-order chi connectivity index (χ0) is 7.90. The summed E-state index contributed by atoms with van der Waals surface area (Å²) in [5, 5.41) is 9.85. The van der Waals surface area contributed by atoms with Crippen LogP contribution in [0.2, 0.25) is 0 Å². The summed E-state index contributed by atoms with van der Waals surface area (Å²) in [6, 6.07) is 0. The highest BCUT2D eigenvalue weighted by molar-refractivity contribution is 5.89. The average molecular weight is 156 g/mol. The molecule has 3 heteroatoms. The van der Waals surface area contributed by atoms with Crippen LogP contribution in [-0.2, 0) is 9.53 Å². The first kappa shape index (κ1) is 7.25. The molecule has 2 atom stereocenters. The molecular formula is C8H12O3. The smallest absolute Gasteiger partial charge is 0.164 e. The van der Waals surface area contributed by atoms with Crippen molar-refractivity contribution in [1.82, 2.24) is 0 Å². The van der Waals surface area contributed by atoms with E-state index in [0.717, 1.165) is 6.42 Å². The topological polar surface area (TPSA) is 46.5 Å². The van der Waals surface area contributed by atoms with Gasteiger partial charge in [-0.3, -0.25) is 4.79 Å². The number of carbonyl (C=O) groups excluding carboxylic acids is 1. The normalized spacial score (nSPS) is 44.1. The van der Waals surface area contributed by atoms with Gasteiger partial charge in [-0.15, -0.1) is 0 Å². The van der Waals surface area contributed by atoms with Gasteiger partial charge in [0.1, 0.15) is 5.60 Å². The van der Waals surface area contributed by atoms with Crippen molar-refractivity contribution in [3.8, 4) is 0 Å². The van der Waals surface area contributed by atoms with Crippen molar-refractivity contribution in [3.63, 3.8) is 0 Å². The van der Waals surface area contributed by atoms with Gasteiger partial charge in [0.05, 0.1) is 6.61 Å². The Morgan fingerprint density at radius 1 is 1.64 bits per heavy atom. The molecule has 1 aliphatic carbocycles. The third kappa shape index (κ3) is 0.914. The predicted octanol–water partition coefficient (Wildman–Crippen LogP) is 0.117. The van der Waals surface area contributed by atoms with E-state index in [2.05, 4.69) is 0 Å². The quantitative estimate of drug-likeness (QED) is 0.541. The van der Waals surface area contributed by atoms with Gasteiger partial charge in [-0.25, -0.2) is 0 Å². The van der Waals surface area contributed by atoms with Crippen LogP contribution in [0.25, 0.3) is 0 Å². The van der Waals surface area contributed by atoms with Crippen molar-refractivity contribution in [1.29, 1.82) is 0 Å². The van der Waals surface area contributed by atoms with E-state index < -0.39 is 5.60 Å². The molecule has 2 unspecified atom stereocenters. The first-order chi connectivity index (χ1) is 5.23. The maximum Gasteiger partial charge on any atom is 0.164 e. The van der Waals surface area contributed by atoms with Crippen molar-refractivity contribution in [2.75, 3.05) is 13.2 Å². The van der Waals surface area contributed by atoms with Gasteiger partial charge in [0.15, 0.2) is 5.78 Å². The second-order valence-electron chi connectivity index (χ2n) is 3.41. The van der Waals surface area contributed by atoms with E-state index in [1.807, 2.05) is 0 Å². The lowest BCUT2D eigenvalue weighted by Gasteiger charge is -2.32. The number of rotatable bonds is 0. The zero-order valence-corrected chi connectivity index (χ0v) is 6.38. The number of ketones is 1. The number of Topliss-reactive ketones (excluding diaryl/α,β-unsaturated/α-hetero) is 1. The summed E-state index contributed by atoms with van der Waals surface area (Å²) in [5.41, 5.74) is -1.02. The molecule has 1 N–H and O–H groups in total. The lowest BCUT2D eigenvalue weighted by atomic mass is 9.86. The Morgan fingerprint density at radius 3 is 3.18 bits per heavy atom. The number of aliphatic hydroxyl groups is 1. The summed E-state index contributed by atoms with van der Waals surface area (Å²) < 4.78 is 5.18. The maximum atomic E-state index is 11.2. The Kier molecular flexibility index (Phi) is 1.51. The van der Waals surface area contributed by atoms with Crippen LogP contribution in [0.1, 0.15) is 19.3 Å². The Hall–Kier alpha value is -0.410. The van der Waals surface area contributed by atoms with Gasteiger partial charge in [-0.05, 0) is 6.42 Å². The Labute approximate surface area is 65.4 Å². The van der Waals surface area contributed by atoms with Gasteiger partial charge in [-0.1, -0.05) is 0 Å². The van der Waals surface area contributed by atoms with Crippen LogP contribution in [0.15, 0.2) is 0 Å². The molecule has 0 aromatic rings. The monoisotopic (exact) mass is 156 g/mol. The second kappa shape index (κ2) is 2.29. The minimum atomic E-state index is -1.02. The van der Waals surface area contributed by atoms with E-state index in [1.165, 1.54) is 0 Å². The lowest BCUT2D eigenvalue weighted by molar-refractivity contribution is -0.148. The third-order valence-corrected chi connectivity index (χ3v) is 2.82. The third-order valence-electron chi connectivity index (χ3n) is 2.82. The van der Waals surface area contributed by atoms with Gasteiger partial charge in [0.2, 0.25) is 0 Å². The number of carbonyl (C=O) groups is 1. The Balaban J connectivity index is 2.23. The predicted molar refractivity (Wildman–Crippen MR) is 38.1 cm³/mol. The molecule has 1 saturated carbocycles. The summed E-state index contributed by atoms with van der Waals surface area (Å²) in [4.78, 5) is 11.2. The summed E-state index contributed by atoms with van der Waals surface area (Å²) in [5.74, 6) is 0.0922. The highest BCUT2D eigenvalue weighted by Gasteiger charge is 2.49. The SMILES string of the molecule is O=C1CCC2COCCC12O. The van der Waals surface area contributed by atoms with Gasteiger partial charge in [0, 0.05) is 25.4 Å². The number of ether oxygens (including phenoxy) is 1. The number of fused-ring (bicyclic) bond motifs is 1. The average Bonchev–Trinajstić information content (AvgIpc) is 2.29. The van der Waals surface area contributed by atoms with Crippen LogP contribution in [0.5, 0.6) is 0 Å². The Morgan fingerprint density at radius 2 is 2.45 bits per heavy atom. The largest absolute Gasteiger partial charge is 0.382 e. The molecule has 2 aliphatic rings. The van der Waals surface area contributed by atoms with E-state index in [1.54, 1.807) is 0 Å². The highest BCUT2D eigenvalue weighted by Crippen LogP contribution is 2.37. The first-order valence-electron chi connectivity index (χ1n) is 4.07. The molecule has 0 bridgehead atoms. The van der Waals surface area contributed by atoms with E-state index in [-0.39, 0.29) is 11.7 Å². The molecule has 0 aromatic carbocycles. The maximum absolute atomic E-state index is 11.2. The van der Waals surface area contributed by atoms with Crippen LogP contribution < -0.4 is 0 Å². The van der Waals surface area contributed by atoms with Crippen LogP contribution >= 0.6 is 0 Å². The minimum absolute atomic E-state index is 0.0193. The molecule has 3 nitrogen and oxygen atoms in total. The van der Waals surface area contributed by atoms with Crippen LogP contribution in [0, 0.1) is 5.92 Å². The van der Waals surface area contributed by atoms with E-state index in [9.17, 15) is 9.90 Å². The van der Waals surface area contributed by atoms with E-state index in [4.69, 9.17) is 4.74 Å². The van der Waals surface area contributed by atoms with Gasteiger partial charge in [-0.2, -0.15) is 0 Å². The minimum Gasteiger partial charge on any atom is -0.382 e. The van der Waals surface area contributed by atoms with Crippen molar-refractivity contribution in [2.45, 2.75) is 24.9 Å². The summed E-state index contributed by atoms with van der Waals surface area (Å²) >= 11 is 0. The first-order valence-corrected chi connectivity index (χ1v) is 4.07. The fourth-order valence-electron chi connectivity index (χ4n) is 2.01. The standard InChI is InChI=1S/C8H12O3/c9-7-2-1-6-5-11-4-3-8(6,7)10/h6,10H,1-5H2. The molecule has 0 amide bonds. The Bertz CT molecular complexity index is 190. The van der Waals surface area contributed by atoms with Gasteiger partial charge in [0.25, 0.3) is 0 Å². The number of hydrogen-bond acceptors (Lipinski definition) is 3. The van der Waals surface area contributed by atoms with Crippen LogP contribution in [0.3, 0.4) is 0 Å². The molecule has 1 heterocycles. The fraction of sp³-hybridized carbons (Fsp3) is 0.875. The second-order valence-corrected chi connectivity index (χ2v) is 3.41. The van der Waals surface area contributed by atoms with Crippen molar-refractivity contribution < 1.29 is 14.6 Å².